The molecule has 1 heterocycles. The number of rotatable bonds is 21. The van der Waals surface area contributed by atoms with Crippen LogP contribution in [0.5, 0.6) is 11.5 Å². The summed E-state index contributed by atoms with van der Waals surface area (Å²) in [7, 11) is -24.8. The molecule has 0 aliphatic rings. The molecule has 0 fully saturated rings. The Kier molecular flexibility index (Phi) is 17.9. The molecule has 0 radical (unpaired) electrons. The predicted molar refractivity (Wildman–Crippen MR) is 286 cm³/mol. The van der Waals surface area contributed by atoms with Gasteiger partial charge < -0.3 is 26.2 Å². The van der Waals surface area contributed by atoms with Gasteiger partial charge in [0, 0.05) is 22.3 Å². The maximum Gasteiger partial charge on any atom is 0.398 e. The highest BCUT2D eigenvalue weighted by molar-refractivity contribution is 7.92. The molecule has 0 aliphatic carbocycles. The van der Waals surface area contributed by atoms with Gasteiger partial charge in [0.15, 0.2) is 28.5 Å². The molecule has 424 valence electrons. The van der Waals surface area contributed by atoms with Crippen molar-refractivity contribution < 1.29 is 87.9 Å². The van der Waals surface area contributed by atoms with Crippen LogP contribution in [-0.2, 0) is 74.8 Å². The number of amides is 1. The highest BCUT2D eigenvalue weighted by Gasteiger charge is 2.26. The molecule has 7 rings (SSSR count). The Bertz CT molecular complexity index is 4370. The number of phenolic OH excluding ortho intramolecular Hbond substituents is 2. The Morgan fingerprint density at radius 3 is 1.84 bits per heavy atom. The Morgan fingerprint density at radius 2 is 1.25 bits per heavy atom. The van der Waals surface area contributed by atoms with Crippen LogP contribution in [0.15, 0.2) is 119 Å². The molecule has 0 spiro atoms. The van der Waals surface area contributed by atoms with Crippen molar-refractivity contribution in [3.8, 4) is 11.5 Å². The molecule has 1 amide bonds. The van der Waals surface area contributed by atoms with Gasteiger partial charge in [-0.25, -0.2) is 16.8 Å². The number of benzene rings is 6. The van der Waals surface area contributed by atoms with Gasteiger partial charge >= 0.3 is 10.4 Å². The summed E-state index contributed by atoms with van der Waals surface area (Å²) >= 11 is 9.77. The fourth-order valence-corrected chi connectivity index (χ4v) is 11.7. The summed E-state index contributed by atoms with van der Waals surface area (Å²) in [6, 6.07) is 13.8. The summed E-state index contributed by atoms with van der Waals surface area (Å²) in [4.78, 5) is 21.9. The first-order chi connectivity index (χ1) is 37.2. The third-order valence-corrected chi connectivity index (χ3v) is 16.3. The van der Waals surface area contributed by atoms with E-state index in [9.17, 15) is 75.0 Å². The molecule has 9 N–H and O–H groups in total. The maximum atomic E-state index is 12.7. The van der Waals surface area contributed by atoms with E-state index >= 15 is 0 Å². The Morgan fingerprint density at radius 1 is 0.662 bits per heavy atom. The lowest BCUT2D eigenvalue weighted by molar-refractivity contribution is -0.113. The quantitative estimate of drug-likeness (QED) is 0.0193. The van der Waals surface area contributed by atoms with Gasteiger partial charge in [0.1, 0.15) is 32.6 Å². The van der Waals surface area contributed by atoms with Crippen molar-refractivity contribution in [1.29, 1.82) is 0 Å². The van der Waals surface area contributed by atoms with Gasteiger partial charge in [0.05, 0.1) is 33.5 Å². The highest BCUT2D eigenvalue weighted by atomic mass is 35.5. The minimum absolute atomic E-state index is 0.00465. The van der Waals surface area contributed by atoms with Crippen LogP contribution in [0.1, 0.15) is 11.1 Å². The summed E-state index contributed by atoms with van der Waals surface area (Å²) < 4.78 is 182. The van der Waals surface area contributed by atoms with E-state index in [1.807, 2.05) is 0 Å². The van der Waals surface area contributed by atoms with Crippen LogP contribution in [0.4, 0.5) is 51.7 Å². The van der Waals surface area contributed by atoms with E-state index in [-0.39, 0.29) is 68.0 Å². The lowest BCUT2D eigenvalue weighted by atomic mass is 10.0. The molecule has 80 heavy (non-hydrogen) atoms. The van der Waals surface area contributed by atoms with Crippen LogP contribution in [0.25, 0.3) is 21.5 Å². The van der Waals surface area contributed by atoms with E-state index < -0.39 is 139 Å². The van der Waals surface area contributed by atoms with Crippen molar-refractivity contribution >= 4 is 164 Å². The van der Waals surface area contributed by atoms with Gasteiger partial charge in [-0.3, -0.25) is 27.2 Å². The minimum atomic E-state index is -5.19. The number of phenols is 2. The van der Waals surface area contributed by atoms with Crippen molar-refractivity contribution in [2.45, 2.75) is 33.4 Å². The average Bonchev–Trinajstić information content (AvgIpc) is 3.55. The van der Waals surface area contributed by atoms with E-state index in [2.05, 4.69) is 55.5 Å². The number of halogens is 2. The number of sulfone groups is 1. The van der Waals surface area contributed by atoms with Gasteiger partial charge in [-0.1, -0.05) is 6.07 Å². The number of azo groups is 2. The van der Waals surface area contributed by atoms with E-state index in [1.165, 1.54) is 25.1 Å². The molecule has 30 nitrogen and oxygen atoms in total. The number of fused-ring (bicyclic) bond motifs is 2. The number of hydrogen-bond donors (Lipinski definition) is 9. The molecule has 38 heteroatoms. The Hall–Kier alpha value is -7.04. The third-order valence-electron chi connectivity index (χ3n) is 10.5. The number of aromatic nitrogens is 3. The number of nitrogens with zero attached hydrogens (tertiary/aromatic N) is 7. The zero-order valence-corrected chi connectivity index (χ0v) is 46.5. The van der Waals surface area contributed by atoms with Crippen molar-refractivity contribution in [1.82, 2.24) is 15.0 Å². The number of carbonyl (C=O) groups excluding carboxylic acids is 1. The number of hydrogen-bond acceptors (Lipinski definition) is 25. The van der Waals surface area contributed by atoms with Crippen molar-refractivity contribution in [3.05, 3.63) is 95.3 Å². The van der Waals surface area contributed by atoms with E-state index in [0.717, 1.165) is 60.7 Å². The predicted octanol–water partition coefficient (Wildman–Crippen LogP) is 7.33. The molecule has 0 saturated heterocycles. The smallest absolute Gasteiger partial charge is 0.398 e. The topological polar surface area (TPSA) is 469 Å². The summed E-state index contributed by atoms with van der Waals surface area (Å²) in [5, 5.41) is 45.9. The molecule has 1 aromatic heterocycles. The lowest BCUT2D eigenvalue weighted by Crippen LogP contribution is -2.21. The fourth-order valence-electron chi connectivity index (χ4n) is 7.21. The number of aryl methyl sites for hydroxylation is 2. The fraction of sp³-hybridized carbons (Fsp3) is 0.143. The van der Waals surface area contributed by atoms with Crippen molar-refractivity contribution in [2.75, 3.05) is 40.1 Å². The second kappa shape index (κ2) is 23.6. The highest BCUT2D eigenvalue weighted by Crippen LogP contribution is 2.47. The number of aromatic hydroxyl groups is 2. The molecular weight excluding hydrogens is 1230 g/mol. The second-order valence-corrected chi connectivity index (χ2v) is 25.3. The lowest BCUT2D eigenvalue weighted by Gasteiger charge is -2.16. The van der Waals surface area contributed by atoms with Gasteiger partial charge in [-0.15, -0.1) is 26.9 Å². The Labute approximate surface area is 464 Å². The summed E-state index contributed by atoms with van der Waals surface area (Å²) in [6.45, 7) is 2.82. The molecule has 1 atom stereocenters. The minimum Gasteiger partial charge on any atom is -0.505 e. The zero-order chi connectivity index (χ0) is 58.9. The van der Waals surface area contributed by atoms with E-state index in [1.54, 1.807) is 6.92 Å². The summed E-state index contributed by atoms with van der Waals surface area (Å²) in [5.74, 6) is -5.55. The molecule has 0 saturated carbocycles. The summed E-state index contributed by atoms with van der Waals surface area (Å²) in [5.41, 5.74) is -2.02. The van der Waals surface area contributed by atoms with Gasteiger partial charge in [0.25, 0.3) is 30.4 Å². The SMILES string of the molecule is Cc1cc(Nc2nc(Cl)nc(Nc3cc(S(=O)(=O)O)cc4cc(C)c(N=Nc5cc(NC(=O)CS(=O)OCCCl)ccc5S(=O)(=O)O)c(O)c34)n2)c2c(O)c(N=Nc3ccc(S(=O)(=O)COS(=O)(=O)O)cc3)c(S(=O)(=O)O)cc2c1. The van der Waals surface area contributed by atoms with Gasteiger partial charge in [-0.05, 0) is 120 Å². The van der Waals surface area contributed by atoms with Crippen LogP contribution in [0.3, 0.4) is 0 Å². The largest absolute Gasteiger partial charge is 0.505 e. The zero-order valence-electron chi connectivity index (χ0n) is 40.1. The maximum absolute atomic E-state index is 12.7. The average molecular weight is 1260 g/mol. The van der Waals surface area contributed by atoms with Crippen molar-refractivity contribution in [3.63, 3.8) is 0 Å². The van der Waals surface area contributed by atoms with E-state index in [0.29, 0.717) is 5.56 Å². The first-order valence-corrected chi connectivity index (χ1v) is 31.0. The van der Waals surface area contributed by atoms with Crippen LogP contribution in [-0.4, -0.2) is 120 Å². The Balaban J connectivity index is 1.27. The van der Waals surface area contributed by atoms with Crippen molar-refractivity contribution in [2.24, 2.45) is 20.5 Å². The van der Waals surface area contributed by atoms with Crippen LogP contribution >= 0.6 is 23.2 Å². The molecular formula is C42H36Cl2N10O20S6. The molecule has 0 bridgehead atoms. The second-order valence-electron chi connectivity index (χ2n) is 16.2. The van der Waals surface area contributed by atoms with Crippen LogP contribution < -0.4 is 16.0 Å². The first kappa shape index (κ1) is 60.6. The normalized spacial score (nSPS) is 13.1. The molecule has 0 aliphatic heterocycles. The number of nitrogens with one attached hydrogen (secondary N) is 3. The van der Waals surface area contributed by atoms with Gasteiger partial charge in [0.2, 0.25) is 32.9 Å². The number of alkyl halides is 1. The van der Waals surface area contributed by atoms with Gasteiger partial charge in [-0.2, -0.15) is 53.7 Å². The third kappa shape index (κ3) is 14.8. The number of carbonyl (C=O) groups is 1. The summed E-state index contributed by atoms with van der Waals surface area (Å²) in [6.07, 6.45) is 0. The number of anilines is 5. The van der Waals surface area contributed by atoms with Crippen LogP contribution in [0, 0.1) is 13.8 Å². The molecule has 7 aromatic rings. The van der Waals surface area contributed by atoms with E-state index in [4.69, 9.17) is 31.9 Å². The standard InChI is InChI=1S/C42H36Cl2N10O20S6/c1-20-11-22-15-32(79(67,68)69)37(54-51-24-3-6-26(7-4-24)76(59,60)19-74-80(70,71)72)39(57)34(22)29(12-20)46-41-48-40(44)49-42(50-41)47-30-17-27(77(61,62)63)14-23-13-21(2)36(38(56)35(23)30)53-52-28-16-25(5-8-31(28)78(64,65)66)45-33(55)18-75(58)73-10-9-43/h3-8,11-17,56-57H,9-10,18-19H2,1-2H3,(H,45,55)(H,61,62,63)(H,64,65,66)(H,67,68,69)(H,70,71,72)(H2,46,47,48,49,50). The monoisotopic (exact) mass is 1260 g/mol. The molecule has 6 aromatic carbocycles. The first-order valence-electron chi connectivity index (χ1n) is 21.5. The molecule has 1 unspecified atom stereocenters. The van der Waals surface area contributed by atoms with Crippen LogP contribution in [0.2, 0.25) is 5.28 Å².